The third-order valence-corrected chi connectivity index (χ3v) is 4.21. The maximum Gasteiger partial charge on any atom is 0.274 e. The van der Waals surface area contributed by atoms with E-state index in [0.29, 0.717) is 43.9 Å². The molecule has 1 saturated heterocycles. The van der Waals surface area contributed by atoms with E-state index in [-0.39, 0.29) is 5.91 Å². The minimum atomic E-state index is -0.0749. The van der Waals surface area contributed by atoms with E-state index >= 15 is 0 Å². The Morgan fingerprint density at radius 2 is 1.79 bits per heavy atom. The van der Waals surface area contributed by atoms with Gasteiger partial charge in [-0.05, 0) is 31.0 Å². The van der Waals surface area contributed by atoms with Gasteiger partial charge in [-0.2, -0.15) is 0 Å². The van der Waals surface area contributed by atoms with Crippen LogP contribution in [0.1, 0.15) is 23.3 Å². The first-order chi connectivity index (χ1) is 11.8. The summed E-state index contributed by atoms with van der Waals surface area (Å²) < 4.78 is 0. The Morgan fingerprint density at radius 3 is 2.42 bits per heavy atom. The molecule has 8 heteroatoms. The predicted octanol–water partition coefficient (Wildman–Crippen LogP) is 0.803. The van der Waals surface area contributed by atoms with Gasteiger partial charge in [-0.15, -0.1) is 10.2 Å². The summed E-state index contributed by atoms with van der Waals surface area (Å²) in [5, 5.41) is 11.4. The van der Waals surface area contributed by atoms with Gasteiger partial charge < -0.3 is 15.1 Å². The number of rotatable bonds is 4. The number of amides is 1. The van der Waals surface area contributed by atoms with Gasteiger partial charge in [0.25, 0.3) is 5.91 Å². The number of carbonyl (C=O) groups excluding carboxylic acids is 1. The SMILES string of the molecule is O=C(c1ccc(NC2CC2)nn1)N1CCN(c2ncccn2)CC1. The third kappa shape index (κ3) is 3.27. The molecule has 1 aliphatic carbocycles. The highest BCUT2D eigenvalue weighted by Gasteiger charge is 2.25. The first-order valence-corrected chi connectivity index (χ1v) is 8.21. The molecular weight excluding hydrogens is 306 g/mol. The fourth-order valence-corrected chi connectivity index (χ4v) is 2.69. The molecule has 3 heterocycles. The molecule has 0 spiro atoms. The van der Waals surface area contributed by atoms with E-state index in [9.17, 15) is 4.79 Å². The summed E-state index contributed by atoms with van der Waals surface area (Å²) in [6, 6.07) is 5.89. The molecule has 8 nitrogen and oxygen atoms in total. The van der Waals surface area contributed by atoms with Crippen LogP contribution in [-0.2, 0) is 0 Å². The number of hydrogen-bond donors (Lipinski definition) is 1. The summed E-state index contributed by atoms with van der Waals surface area (Å²) in [6.45, 7) is 2.68. The number of anilines is 2. The van der Waals surface area contributed by atoms with Crippen molar-refractivity contribution in [2.75, 3.05) is 36.4 Å². The smallest absolute Gasteiger partial charge is 0.274 e. The lowest BCUT2D eigenvalue weighted by Crippen LogP contribution is -2.49. The zero-order valence-corrected chi connectivity index (χ0v) is 13.3. The molecule has 2 aliphatic rings. The van der Waals surface area contributed by atoms with Crippen molar-refractivity contribution in [2.24, 2.45) is 0 Å². The fraction of sp³-hybridized carbons (Fsp3) is 0.438. The summed E-state index contributed by atoms with van der Waals surface area (Å²) in [5.74, 6) is 1.37. The number of hydrogen-bond acceptors (Lipinski definition) is 7. The Hall–Kier alpha value is -2.77. The van der Waals surface area contributed by atoms with Gasteiger partial charge in [-0.25, -0.2) is 9.97 Å². The number of aromatic nitrogens is 4. The van der Waals surface area contributed by atoms with E-state index < -0.39 is 0 Å². The van der Waals surface area contributed by atoms with Gasteiger partial charge in [0.15, 0.2) is 5.69 Å². The van der Waals surface area contributed by atoms with Crippen LogP contribution in [0, 0.1) is 0 Å². The second kappa shape index (κ2) is 6.38. The molecule has 1 N–H and O–H groups in total. The second-order valence-corrected chi connectivity index (χ2v) is 6.05. The normalized spacial score (nSPS) is 17.7. The van der Waals surface area contributed by atoms with Crippen LogP contribution in [0.5, 0.6) is 0 Å². The Labute approximate surface area is 139 Å². The molecule has 0 aromatic carbocycles. The van der Waals surface area contributed by atoms with Crippen LogP contribution < -0.4 is 10.2 Å². The van der Waals surface area contributed by atoms with Crippen LogP contribution in [0.2, 0.25) is 0 Å². The zero-order chi connectivity index (χ0) is 16.4. The van der Waals surface area contributed by atoms with Crippen LogP contribution in [0.15, 0.2) is 30.6 Å². The molecule has 2 fully saturated rings. The lowest BCUT2D eigenvalue weighted by molar-refractivity contribution is 0.0739. The topological polar surface area (TPSA) is 87.1 Å². The molecule has 0 bridgehead atoms. The highest BCUT2D eigenvalue weighted by molar-refractivity contribution is 5.92. The fourth-order valence-electron chi connectivity index (χ4n) is 2.69. The maximum atomic E-state index is 12.5. The lowest BCUT2D eigenvalue weighted by Gasteiger charge is -2.34. The second-order valence-electron chi connectivity index (χ2n) is 6.05. The summed E-state index contributed by atoms with van der Waals surface area (Å²) in [4.78, 5) is 24.9. The van der Waals surface area contributed by atoms with E-state index in [1.807, 2.05) is 6.07 Å². The van der Waals surface area contributed by atoms with Crippen molar-refractivity contribution < 1.29 is 4.79 Å². The van der Waals surface area contributed by atoms with Gasteiger partial charge in [0.05, 0.1) is 0 Å². The molecule has 0 unspecified atom stereocenters. The van der Waals surface area contributed by atoms with Gasteiger partial charge >= 0.3 is 0 Å². The lowest BCUT2D eigenvalue weighted by atomic mass is 10.2. The van der Waals surface area contributed by atoms with Gasteiger partial charge in [0.1, 0.15) is 5.82 Å². The van der Waals surface area contributed by atoms with E-state index in [0.717, 1.165) is 5.82 Å². The van der Waals surface area contributed by atoms with Crippen molar-refractivity contribution in [3.05, 3.63) is 36.3 Å². The Bertz CT molecular complexity index is 694. The van der Waals surface area contributed by atoms with Crippen molar-refractivity contribution in [3.8, 4) is 0 Å². The van der Waals surface area contributed by atoms with Crippen molar-refractivity contribution >= 4 is 17.7 Å². The molecule has 1 amide bonds. The van der Waals surface area contributed by atoms with E-state index in [2.05, 4.69) is 30.4 Å². The average molecular weight is 325 g/mol. The van der Waals surface area contributed by atoms with Gasteiger partial charge in [0, 0.05) is 44.6 Å². The van der Waals surface area contributed by atoms with Crippen LogP contribution in [0.3, 0.4) is 0 Å². The first-order valence-electron chi connectivity index (χ1n) is 8.21. The molecule has 1 saturated carbocycles. The van der Waals surface area contributed by atoms with Crippen molar-refractivity contribution in [2.45, 2.75) is 18.9 Å². The zero-order valence-electron chi connectivity index (χ0n) is 13.3. The minimum absolute atomic E-state index is 0.0749. The molecule has 4 rings (SSSR count). The average Bonchev–Trinajstić information content (AvgIpc) is 3.47. The van der Waals surface area contributed by atoms with E-state index in [4.69, 9.17) is 0 Å². The van der Waals surface area contributed by atoms with Crippen LogP contribution in [0.4, 0.5) is 11.8 Å². The number of nitrogens with zero attached hydrogens (tertiary/aromatic N) is 6. The summed E-state index contributed by atoms with van der Waals surface area (Å²) >= 11 is 0. The van der Waals surface area contributed by atoms with Crippen molar-refractivity contribution in [1.29, 1.82) is 0 Å². The van der Waals surface area contributed by atoms with Crippen LogP contribution in [0.25, 0.3) is 0 Å². The van der Waals surface area contributed by atoms with Gasteiger partial charge in [-0.1, -0.05) is 0 Å². The van der Waals surface area contributed by atoms with E-state index in [1.54, 1.807) is 29.4 Å². The predicted molar refractivity (Wildman–Crippen MR) is 88.8 cm³/mol. The Balaban J connectivity index is 1.35. The molecule has 124 valence electrons. The van der Waals surface area contributed by atoms with Gasteiger partial charge in [0.2, 0.25) is 5.95 Å². The number of carbonyl (C=O) groups is 1. The molecule has 0 radical (unpaired) electrons. The summed E-state index contributed by atoms with van der Waals surface area (Å²) in [6.07, 6.45) is 5.81. The number of piperazine rings is 1. The molecule has 2 aromatic heterocycles. The Morgan fingerprint density at radius 1 is 1.04 bits per heavy atom. The van der Waals surface area contributed by atoms with Crippen LogP contribution >= 0.6 is 0 Å². The third-order valence-electron chi connectivity index (χ3n) is 4.21. The van der Waals surface area contributed by atoms with Crippen LogP contribution in [-0.4, -0.2) is 63.2 Å². The summed E-state index contributed by atoms with van der Waals surface area (Å²) in [5.41, 5.74) is 0.390. The highest BCUT2D eigenvalue weighted by atomic mass is 16.2. The summed E-state index contributed by atoms with van der Waals surface area (Å²) in [7, 11) is 0. The quantitative estimate of drug-likeness (QED) is 0.890. The molecule has 24 heavy (non-hydrogen) atoms. The molecule has 0 atom stereocenters. The van der Waals surface area contributed by atoms with E-state index in [1.165, 1.54) is 12.8 Å². The van der Waals surface area contributed by atoms with Crippen molar-refractivity contribution in [1.82, 2.24) is 25.1 Å². The Kier molecular flexibility index (Phi) is 3.94. The maximum absolute atomic E-state index is 12.5. The largest absolute Gasteiger partial charge is 0.366 e. The molecule has 2 aromatic rings. The minimum Gasteiger partial charge on any atom is -0.366 e. The molecular formula is C16H19N7O. The standard InChI is InChI=1S/C16H19N7O/c24-15(13-4-5-14(21-20-13)19-12-2-3-12)22-8-10-23(11-9-22)16-17-6-1-7-18-16/h1,4-7,12H,2-3,8-11H2,(H,19,21). The number of nitrogens with one attached hydrogen (secondary N) is 1. The van der Waals surface area contributed by atoms with Gasteiger partial charge in [-0.3, -0.25) is 4.79 Å². The van der Waals surface area contributed by atoms with Crippen molar-refractivity contribution in [3.63, 3.8) is 0 Å². The monoisotopic (exact) mass is 325 g/mol. The first kappa shape index (κ1) is 14.8. The highest BCUT2D eigenvalue weighted by Crippen LogP contribution is 2.23. The molecule has 1 aliphatic heterocycles.